The molecule has 0 spiro atoms. The second-order valence-electron chi connectivity index (χ2n) is 3.67. The Labute approximate surface area is 108 Å². The van der Waals surface area contributed by atoms with E-state index in [-0.39, 0.29) is 0 Å². The van der Waals surface area contributed by atoms with Gasteiger partial charge in [0.25, 0.3) is 0 Å². The Hall–Kier alpha value is -1.04. The summed E-state index contributed by atoms with van der Waals surface area (Å²) in [6.45, 7) is 0. The van der Waals surface area contributed by atoms with E-state index in [0.29, 0.717) is 0 Å². The third kappa shape index (κ3) is 3.21. The van der Waals surface area contributed by atoms with Crippen molar-refractivity contribution in [3.05, 3.63) is 60.2 Å². The van der Waals surface area contributed by atoms with Crippen LogP contribution in [0.1, 0.15) is 5.56 Å². The predicted octanol–water partition coefficient (Wildman–Crippen LogP) is 4.16. The van der Waals surface area contributed by atoms with Crippen molar-refractivity contribution in [2.45, 2.75) is 6.16 Å². The molecule has 0 amide bonds. The van der Waals surface area contributed by atoms with Crippen LogP contribution in [0.4, 0.5) is 0 Å². The molecule has 0 aliphatic carbocycles. The lowest BCUT2D eigenvalue weighted by Gasteiger charge is -2.12. The molecule has 1 atom stereocenters. The number of para-hydroxylation sites is 1. The number of ether oxygens (including phenoxy) is 1. The van der Waals surface area contributed by atoms with E-state index in [9.17, 15) is 0 Å². The molecule has 0 fully saturated rings. The molecule has 17 heavy (non-hydrogen) atoms. The van der Waals surface area contributed by atoms with E-state index in [1.54, 1.807) is 7.11 Å². The SMILES string of the molecule is COc1ccccc1CP(Cl)c1ccccc1. The Morgan fingerprint density at radius 2 is 1.65 bits per heavy atom. The van der Waals surface area contributed by atoms with Crippen molar-refractivity contribution in [1.29, 1.82) is 0 Å². The quantitative estimate of drug-likeness (QED) is 0.754. The number of rotatable bonds is 4. The zero-order valence-corrected chi connectivity index (χ0v) is 11.3. The summed E-state index contributed by atoms with van der Waals surface area (Å²) in [7, 11) is 1.01. The normalized spacial score (nSPS) is 12.1. The van der Waals surface area contributed by atoms with Crippen LogP contribution in [-0.4, -0.2) is 7.11 Å². The van der Waals surface area contributed by atoms with Crippen molar-refractivity contribution in [2.75, 3.05) is 7.11 Å². The molecular formula is C14H14ClOP. The lowest BCUT2D eigenvalue weighted by Crippen LogP contribution is -1.98. The van der Waals surface area contributed by atoms with Crippen LogP contribution in [0.2, 0.25) is 0 Å². The molecular weight excluding hydrogens is 251 g/mol. The van der Waals surface area contributed by atoms with Gasteiger partial charge in [-0.15, -0.1) is 0 Å². The van der Waals surface area contributed by atoms with Gasteiger partial charge in [0.2, 0.25) is 0 Å². The minimum atomic E-state index is -0.682. The first-order valence-corrected chi connectivity index (χ1v) is 7.84. The summed E-state index contributed by atoms with van der Waals surface area (Å²) >= 11 is 6.48. The van der Waals surface area contributed by atoms with Gasteiger partial charge in [0.15, 0.2) is 0 Å². The van der Waals surface area contributed by atoms with Crippen LogP contribution >= 0.6 is 18.5 Å². The van der Waals surface area contributed by atoms with Gasteiger partial charge in [-0.2, -0.15) is 0 Å². The number of halogens is 1. The van der Waals surface area contributed by atoms with Gasteiger partial charge in [-0.1, -0.05) is 59.8 Å². The highest BCUT2D eigenvalue weighted by atomic mass is 35.7. The average molecular weight is 265 g/mol. The van der Waals surface area contributed by atoms with Crippen LogP contribution in [0.25, 0.3) is 0 Å². The molecule has 0 radical (unpaired) electrons. The molecule has 2 aromatic carbocycles. The molecule has 0 bridgehead atoms. The van der Waals surface area contributed by atoms with Gasteiger partial charge in [-0.05, 0) is 16.9 Å². The van der Waals surface area contributed by atoms with Crippen molar-refractivity contribution < 1.29 is 4.74 Å². The molecule has 1 nitrogen and oxygen atoms in total. The summed E-state index contributed by atoms with van der Waals surface area (Å²) in [6, 6.07) is 18.2. The van der Waals surface area contributed by atoms with Gasteiger partial charge in [-0.25, -0.2) is 0 Å². The lowest BCUT2D eigenvalue weighted by atomic mass is 10.2. The zero-order chi connectivity index (χ0) is 12.1. The van der Waals surface area contributed by atoms with Gasteiger partial charge >= 0.3 is 0 Å². The smallest absolute Gasteiger partial charge is 0.122 e. The number of benzene rings is 2. The van der Waals surface area contributed by atoms with Gasteiger partial charge in [0.1, 0.15) is 5.75 Å². The topological polar surface area (TPSA) is 9.23 Å². The molecule has 3 heteroatoms. The molecule has 0 heterocycles. The van der Waals surface area contributed by atoms with Gasteiger partial charge in [-0.3, -0.25) is 0 Å². The Morgan fingerprint density at radius 3 is 2.35 bits per heavy atom. The third-order valence-corrected chi connectivity index (χ3v) is 4.96. The van der Waals surface area contributed by atoms with Crippen LogP contribution in [0, 0.1) is 0 Å². The van der Waals surface area contributed by atoms with E-state index in [4.69, 9.17) is 16.0 Å². The van der Waals surface area contributed by atoms with Gasteiger partial charge in [0, 0.05) is 13.4 Å². The van der Waals surface area contributed by atoms with E-state index in [2.05, 4.69) is 18.2 Å². The second kappa shape index (κ2) is 6.05. The van der Waals surface area contributed by atoms with Crippen molar-refractivity contribution in [3.63, 3.8) is 0 Å². The Bertz CT molecular complexity index is 473. The monoisotopic (exact) mass is 264 g/mol. The highest BCUT2D eigenvalue weighted by Gasteiger charge is 2.11. The summed E-state index contributed by atoms with van der Waals surface area (Å²) in [5.74, 6) is 0.914. The largest absolute Gasteiger partial charge is 0.496 e. The summed E-state index contributed by atoms with van der Waals surface area (Å²) in [5, 5.41) is 1.20. The molecule has 0 N–H and O–H groups in total. The van der Waals surface area contributed by atoms with Crippen molar-refractivity contribution in [2.24, 2.45) is 0 Å². The van der Waals surface area contributed by atoms with E-state index in [1.807, 2.05) is 36.4 Å². The fourth-order valence-corrected chi connectivity index (χ4v) is 3.63. The number of hydrogen-bond acceptors (Lipinski definition) is 1. The van der Waals surface area contributed by atoms with E-state index < -0.39 is 7.27 Å². The summed E-state index contributed by atoms with van der Waals surface area (Å²) < 4.78 is 5.33. The molecule has 2 rings (SSSR count). The Kier molecular flexibility index (Phi) is 4.42. The summed E-state index contributed by atoms with van der Waals surface area (Å²) in [4.78, 5) is 0. The van der Waals surface area contributed by atoms with Gasteiger partial charge < -0.3 is 4.74 Å². The third-order valence-electron chi connectivity index (χ3n) is 2.54. The fourth-order valence-electron chi connectivity index (χ4n) is 1.66. The van der Waals surface area contributed by atoms with Crippen molar-refractivity contribution in [3.8, 4) is 5.75 Å². The van der Waals surface area contributed by atoms with Gasteiger partial charge in [0.05, 0.1) is 7.11 Å². The van der Waals surface area contributed by atoms with E-state index in [1.165, 1.54) is 10.9 Å². The maximum atomic E-state index is 6.48. The Balaban J connectivity index is 2.16. The summed E-state index contributed by atoms with van der Waals surface area (Å²) in [5.41, 5.74) is 1.17. The van der Waals surface area contributed by atoms with E-state index in [0.717, 1.165) is 11.9 Å². The maximum Gasteiger partial charge on any atom is 0.122 e. The molecule has 0 aliphatic rings. The van der Waals surface area contributed by atoms with Crippen LogP contribution in [0.15, 0.2) is 54.6 Å². The van der Waals surface area contributed by atoms with Crippen LogP contribution in [-0.2, 0) is 6.16 Å². The lowest BCUT2D eigenvalue weighted by molar-refractivity contribution is 0.411. The first-order chi connectivity index (χ1) is 8.31. The fraction of sp³-hybridized carbons (Fsp3) is 0.143. The first-order valence-electron chi connectivity index (χ1n) is 5.41. The summed E-state index contributed by atoms with van der Waals surface area (Å²) in [6.07, 6.45) is 0.838. The maximum absolute atomic E-state index is 6.48. The minimum Gasteiger partial charge on any atom is -0.496 e. The van der Waals surface area contributed by atoms with Crippen molar-refractivity contribution >= 4 is 23.8 Å². The molecule has 0 saturated carbocycles. The van der Waals surface area contributed by atoms with Crippen LogP contribution in [0.3, 0.4) is 0 Å². The Morgan fingerprint density at radius 1 is 1.00 bits per heavy atom. The zero-order valence-electron chi connectivity index (χ0n) is 9.64. The number of methoxy groups -OCH3 is 1. The van der Waals surface area contributed by atoms with E-state index >= 15 is 0 Å². The molecule has 0 aromatic heterocycles. The average Bonchev–Trinajstić information content (AvgIpc) is 2.40. The highest BCUT2D eigenvalue weighted by Crippen LogP contribution is 2.45. The number of hydrogen-bond donors (Lipinski definition) is 0. The molecule has 2 aromatic rings. The first kappa shape index (κ1) is 12.4. The van der Waals surface area contributed by atoms with Crippen LogP contribution < -0.4 is 10.0 Å². The molecule has 88 valence electrons. The molecule has 1 unspecified atom stereocenters. The second-order valence-corrected chi connectivity index (χ2v) is 6.45. The molecule has 0 aliphatic heterocycles. The minimum absolute atomic E-state index is 0.682. The van der Waals surface area contributed by atoms with Crippen molar-refractivity contribution in [1.82, 2.24) is 0 Å². The predicted molar refractivity (Wildman–Crippen MR) is 75.5 cm³/mol. The van der Waals surface area contributed by atoms with Crippen LogP contribution in [0.5, 0.6) is 5.75 Å². The molecule has 0 saturated heterocycles. The highest BCUT2D eigenvalue weighted by molar-refractivity contribution is 7.89. The standard InChI is InChI=1S/C14H14ClOP/c1-16-14-10-6-5-7-12(14)11-17(15)13-8-3-2-4-9-13/h2-10H,11H2,1H3.